The highest BCUT2D eigenvalue weighted by Crippen LogP contribution is 2.28. The zero-order chi connectivity index (χ0) is 29.3. The van der Waals surface area contributed by atoms with Crippen molar-refractivity contribution >= 4 is 40.5 Å². The first kappa shape index (κ1) is 28.4. The molecular formula is C34H27ClN2O5. The third-order valence-electron chi connectivity index (χ3n) is 6.34. The van der Waals surface area contributed by atoms with Crippen molar-refractivity contribution in [3.05, 3.63) is 137 Å². The maximum Gasteiger partial charge on any atom is 0.343 e. The molecule has 1 amide bonds. The highest BCUT2D eigenvalue weighted by atomic mass is 35.5. The van der Waals surface area contributed by atoms with Crippen LogP contribution in [0.5, 0.6) is 17.2 Å². The summed E-state index contributed by atoms with van der Waals surface area (Å²) in [6, 6.07) is 34.5. The molecule has 8 heteroatoms. The molecule has 0 saturated carbocycles. The molecule has 5 rings (SSSR count). The van der Waals surface area contributed by atoms with E-state index >= 15 is 0 Å². The van der Waals surface area contributed by atoms with Crippen LogP contribution in [0.3, 0.4) is 0 Å². The number of carbonyl (C=O) groups is 2. The number of benzene rings is 5. The van der Waals surface area contributed by atoms with Gasteiger partial charge in [-0.1, -0.05) is 72.3 Å². The van der Waals surface area contributed by atoms with Gasteiger partial charge in [-0.05, 0) is 77.9 Å². The first-order valence-electron chi connectivity index (χ1n) is 13.2. The number of nitrogens with one attached hydrogen (secondary N) is 1. The molecular weight excluding hydrogens is 552 g/mol. The minimum atomic E-state index is -0.826. The van der Waals surface area contributed by atoms with Crippen LogP contribution in [0.25, 0.3) is 10.8 Å². The Kier molecular flexibility index (Phi) is 9.11. The van der Waals surface area contributed by atoms with E-state index in [9.17, 15) is 9.59 Å². The van der Waals surface area contributed by atoms with E-state index in [0.29, 0.717) is 40.0 Å². The van der Waals surface area contributed by atoms with Crippen LogP contribution >= 0.6 is 11.6 Å². The van der Waals surface area contributed by atoms with E-state index in [1.54, 1.807) is 61.5 Å². The lowest BCUT2D eigenvalue weighted by molar-refractivity contribution is -0.127. The normalized spacial score (nSPS) is 11.7. The zero-order valence-electron chi connectivity index (χ0n) is 22.7. The van der Waals surface area contributed by atoms with E-state index < -0.39 is 18.0 Å². The van der Waals surface area contributed by atoms with Crippen molar-refractivity contribution in [3.63, 3.8) is 0 Å². The second kappa shape index (κ2) is 13.5. The Morgan fingerprint density at radius 2 is 1.52 bits per heavy atom. The minimum Gasteiger partial charge on any atom is -0.489 e. The smallest absolute Gasteiger partial charge is 0.343 e. The monoisotopic (exact) mass is 578 g/mol. The molecule has 0 spiro atoms. The van der Waals surface area contributed by atoms with Crippen LogP contribution in [-0.2, 0) is 11.4 Å². The maximum atomic E-state index is 12.8. The predicted molar refractivity (Wildman–Crippen MR) is 163 cm³/mol. The number of nitrogens with zero attached hydrogens (tertiary/aromatic N) is 1. The van der Waals surface area contributed by atoms with Crippen LogP contribution in [0.2, 0.25) is 5.02 Å². The molecule has 0 aliphatic carbocycles. The summed E-state index contributed by atoms with van der Waals surface area (Å²) in [5.74, 6) is 0.509. The van der Waals surface area contributed by atoms with E-state index in [4.69, 9.17) is 25.8 Å². The molecule has 0 aliphatic heterocycles. The number of halogens is 1. The number of fused-ring (bicyclic) bond motifs is 1. The van der Waals surface area contributed by atoms with Crippen LogP contribution < -0.4 is 19.6 Å². The van der Waals surface area contributed by atoms with Crippen LogP contribution in [0.15, 0.2) is 120 Å². The first-order chi connectivity index (χ1) is 20.5. The van der Waals surface area contributed by atoms with Crippen molar-refractivity contribution in [1.29, 1.82) is 0 Å². The largest absolute Gasteiger partial charge is 0.489 e. The Balaban J connectivity index is 1.22. The quantitative estimate of drug-likeness (QED) is 0.0819. The van der Waals surface area contributed by atoms with Crippen molar-refractivity contribution in [1.82, 2.24) is 5.43 Å². The van der Waals surface area contributed by atoms with Gasteiger partial charge in [-0.15, -0.1) is 0 Å². The maximum absolute atomic E-state index is 12.8. The lowest BCUT2D eigenvalue weighted by atomic mass is 10.0. The third kappa shape index (κ3) is 7.33. The number of ether oxygens (including phenoxy) is 3. The minimum absolute atomic E-state index is 0.297. The molecule has 0 aromatic heterocycles. The van der Waals surface area contributed by atoms with Crippen molar-refractivity contribution in [2.75, 3.05) is 0 Å². The fourth-order valence-corrected chi connectivity index (χ4v) is 4.23. The standard InChI is InChI=1S/C34H27ClN2O5/c1-23(41-29-18-16-28(17-19-29)40-22-24-7-3-2-4-8-24)33(38)37-36-21-31-30-10-6-5-9-25(30)13-20-32(31)42-34(39)26-11-14-27(35)15-12-26/h2-21,23H,22H2,1H3,(H,37,38). The molecule has 0 heterocycles. The van der Waals surface area contributed by atoms with Gasteiger partial charge in [-0.2, -0.15) is 5.10 Å². The number of rotatable bonds is 10. The number of hydrogen-bond acceptors (Lipinski definition) is 6. The molecule has 5 aromatic rings. The summed E-state index contributed by atoms with van der Waals surface area (Å²) in [5, 5.41) is 6.38. The van der Waals surface area contributed by atoms with Gasteiger partial charge in [-0.25, -0.2) is 10.2 Å². The van der Waals surface area contributed by atoms with Crippen molar-refractivity contribution in [2.24, 2.45) is 5.10 Å². The number of hydrazone groups is 1. The molecule has 0 fully saturated rings. The van der Waals surface area contributed by atoms with Crippen molar-refractivity contribution < 1.29 is 23.8 Å². The van der Waals surface area contributed by atoms with E-state index in [-0.39, 0.29) is 0 Å². The van der Waals surface area contributed by atoms with Crippen LogP contribution in [0.4, 0.5) is 0 Å². The van der Waals surface area contributed by atoms with Gasteiger partial charge in [0, 0.05) is 10.6 Å². The van der Waals surface area contributed by atoms with Gasteiger partial charge in [0.2, 0.25) is 0 Å². The zero-order valence-corrected chi connectivity index (χ0v) is 23.5. The Bertz CT molecular complexity index is 1700. The lowest BCUT2D eigenvalue weighted by Crippen LogP contribution is -2.33. The third-order valence-corrected chi connectivity index (χ3v) is 6.59. The Morgan fingerprint density at radius 1 is 0.833 bits per heavy atom. The van der Waals surface area contributed by atoms with Gasteiger partial charge in [0.15, 0.2) is 6.10 Å². The van der Waals surface area contributed by atoms with E-state index in [1.807, 2.05) is 60.7 Å². The second-order valence-electron chi connectivity index (χ2n) is 9.33. The summed E-state index contributed by atoms with van der Waals surface area (Å²) in [7, 11) is 0. The summed E-state index contributed by atoms with van der Waals surface area (Å²) >= 11 is 5.94. The molecule has 0 radical (unpaired) electrons. The highest BCUT2D eigenvalue weighted by molar-refractivity contribution is 6.30. The molecule has 1 unspecified atom stereocenters. The first-order valence-corrected chi connectivity index (χ1v) is 13.6. The van der Waals surface area contributed by atoms with Crippen molar-refractivity contribution in [3.8, 4) is 17.2 Å². The van der Waals surface area contributed by atoms with Crippen LogP contribution in [0.1, 0.15) is 28.4 Å². The molecule has 210 valence electrons. The molecule has 0 bridgehead atoms. The number of amides is 1. The molecule has 1 N–H and O–H groups in total. The number of carbonyl (C=O) groups excluding carboxylic acids is 2. The van der Waals surface area contributed by atoms with Crippen LogP contribution in [0, 0.1) is 0 Å². The van der Waals surface area contributed by atoms with Gasteiger partial charge < -0.3 is 14.2 Å². The van der Waals surface area contributed by atoms with Gasteiger partial charge in [0.05, 0.1) is 11.8 Å². The number of esters is 1. The second-order valence-corrected chi connectivity index (χ2v) is 9.77. The summed E-state index contributed by atoms with van der Waals surface area (Å²) in [5.41, 5.74) is 4.47. The summed E-state index contributed by atoms with van der Waals surface area (Å²) < 4.78 is 17.3. The predicted octanol–water partition coefficient (Wildman–Crippen LogP) is 7.21. The number of hydrogen-bond donors (Lipinski definition) is 1. The van der Waals surface area contributed by atoms with E-state index in [1.165, 1.54) is 6.21 Å². The highest BCUT2D eigenvalue weighted by Gasteiger charge is 2.16. The van der Waals surface area contributed by atoms with Gasteiger partial charge in [0.25, 0.3) is 5.91 Å². The molecule has 0 saturated heterocycles. The topological polar surface area (TPSA) is 86.2 Å². The van der Waals surface area contributed by atoms with Gasteiger partial charge >= 0.3 is 5.97 Å². The van der Waals surface area contributed by atoms with Crippen molar-refractivity contribution in [2.45, 2.75) is 19.6 Å². The Hall–Kier alpha value is -5.14. The van der Waals surface area contributed by atoms with Gasteiger partial charge in [0.1, 0.15) is 23.9 Å². The lowest BCUT2D eigenvalue weighted by Gasteiger charge is -2.14. The molecule has 5 aromatic carbocycles. The summed E-state index contributed by atoms with van der Waals surface area (Å²) in [6.07, 6.45) is 0.629. The van der Waals surface area contributed by atoms with Gasteiger partial charge in [-0.3, -0.25) is 4.79 Å². The molecule has 7 nitrogen and oxygen atoms in total. The van der Waals surface area contributed by atoms with E-state index in [0.717, 1.165) is 16.3 Å². The Labute approximate surface area is 248 Å². The average molecular weight is 579 g/mol. The molecule has 42 heavy (non-hydrogen) atoms. The molecule has 0 aliphatic rings. The SMILES string of the molecule is CC(Oc1ccc(OCc2ccccc2)cc1)C(=O)NN=Cc1c(OC(=O)c2ccc(Cl)cc2)ccc2ccccc12. The van der Waals surface area contributed by atoms with Crippen LogP contribution in [-0.4, -0.2) is 24.2 Å². The molecule has 1 atom stereocenters. The fourth-order valence-electron chi connectivity index (χ4n) is 4.11. The average Bonchev–Trinajstić information content (AvgIpc) is 3.02. The fraction of sp³-hybridized carbons (Fsp3) is 0.0882. The summed E-state index contributed by atoms with van der Waals surface area (Å²) in [6.45, 7) is 2.08. The summed E-state index contributed by atoms with van der Waals surface area (Å²) in [4.78, 5) is 25.5. The Morgan fingerprint density at radius 3 is 2.29 bits per heavy atom. The van der Waals surface area contributed by atoms with E-state index in [2.05, 4.69) is 10.5 Å².